The lowest BCUT2D eigenvalue weighted by Crippen LogP contribution is -2.45. The second kappa shape index (κ2) is 35.8. The zero-order valence-corrected chi connectivity index (χ0v) is 32.1. The van der Waals surface area contributed by atoms with Crippen molar-refractivity contribution in [2.75, 3.05) is 13.1 Å². The van der Waals surface area contributed by atoms with Gasteiger partial charge in [0.1, 0.15) is 0 Å². The molecular weight excluding hydrogens is 530 g/mol. The second-order valence-corrected chi connectivity index (χ2v) is 15.5. The van der Waals surface area contributed by atoms with Crippen molar-refractivity contribution in [1.29, 1.82) is 0 Å². The van der Waals surface area contributed by atoms with Gasteiger partial charge in [0.15, 0.2) is 0 Å². The van der Waals surface area contributed by atoms with Crippen LogP contribution in [0.25, 0.3) is 0 Å². The molecule has 0 bridgehead atoms. The predicted octanol–water partition coefficient (Wildman–Crippen LogP) is 15.8. The molecule has 1 nitrogen and oxygen atoms in total. The summed E-state index contributed by atoms with van der Waals surface area (Å²) in [6.07, 6.45) is 50.7. The summed E-state index contributed by atoms with van der Waals surface area (Å²) >= 11 is 0. The Morgan fingerprint density at radius 2 is 0.477 bits per heavy atom. The Balaban J connectivity index is 4.21. The normalized spacial score (nSPS) is 12.1. The molecule has 0 aliphatic rings. The molecule has 0 radical (unpaired) electrons. The number of hydrogen-bond donors (Lipinski definition) is 0. The Kier molecular flexibility index (Phi) is 35.8. The molecule has 0 aromatic carbocycles. The summed E-state index contributed by atoms with van der Waals surface area (Å²) in [5.74, 6) is 0. The third-order valence-corrected chi connectivity index (χ3v) is 10.6. The van der Waals surface area contributed by atoms with Crippen molar-refractivity contribution in [3.05, 3.63) is 0 Å². The van der Waals surface area contributed by atoms with Crippen LogP contribution in [-0.4, -0.2) is 23.5 Å². The Morgan fingerprint density at radius 3 is 0.727 bits per heavy atom. The molecular formula is C43H89N. The molecule has 1 heteroatoms. The fraction of sp³-hybridized carbons (Fsp3) is 1.00. The molecule has 0 saturated carbocycles. The predicted molar refractivity (Wildman–Crippen MR) is 204 cm³/mol. The van der Waals surface area contributed by atoms with Gasteiger partial charge in [-0.15, -0.1) is 0 Å². The molecule has 0 spiro atoms. The topological polar surface area (TPSA) is 3.24 Å². The standard InChI is InChI=1S/C43H89N/c1-6-9-12-15-18-21-24-25-28-31-34-37-40-43(4,5)44(41-38-35-32-29-26-22-19-16-13-10-7-2)42-39-36-33-30-27-23-20-17-14-11-8-3/h6-42H2,1-5H3. The zero-order chi connectivity index (χ0) is 32.2. The van der Waals surface area contributed by atoms with Gasteiger partial charge in [0, 0.05) is 5.54 Å². The van der Waals surface area contributed by atoms with Gasteiger partial charge in [-0.3, -0.25) is 4.90 Å². The summed E-state index contributed by atoms with van der Waals surface area (Å²) < 4.78 is 0. The summed E-state index contributed by atoms with van der Waals surface area (Å²) in [6, 6.07) is 0. The van der Waals surface area contributed by atoms with Gasteiger partial charge in [-0.2, -0.15) is 0 Å². The molecule has 0 unspecified atom stereocenters. The smallest absolute Gasteiger partial charge is 0.0153 e. The summed E-state index contributed by atoms with van der Waals surface area (Å²) in [7, 11) is 0. The lowest BCUT2D eigenvalue weighted by atomic mass is 9.92. The van der Waals surface area contributed by atoms with Gasteiger partial charge in [-0.05, 0) is 46.2 Å². The van der Waals surface area contributed by atoms with Crippen molar-refractivity contribution in [3.63, 3.8) is 0 Å². The van der Waals surface area contributed by atoms with Crippen LogP contribution in [0, 0.1) is 0 Å². The molecule has 0 N–H and O–H groups in total. The van der Waals surface area contributed by atoms with Crippen molar-refractivity contribution < 1.29 is 0 Å². The molecule has 0 aromatic rings. The van der Waals surface area contributed by atoms with Crippen LogP contribution in [0.5, 0.6) is 0 Å². The SMILES string of the molecule is CCCCCCCCCCCCCCC(C)(C)N(CCCCCCCCCCCCC)CCCCCCCCCCCCC. The Hall–Kier alpha value is -0.0400. The van der Waals surface area contributed by atoms with Gasteiger partial charge in [0.05, 0.1) is 0 Å². The molecule has 0 amide bonds. The molecule has 44 heavy (non-hydrogen) atoms. The van der Waals surface area contributed by atoms with Crippen LogP contribution in [0.2, 0.25) is 0 Å². The highest BCUT2D eigenvalue weighted by molar-refractivity contribution is 4.81. The summed E-state index contributed by atoms with van der Waals surface area (Å²) in [4.78, 5) is 2.92. The molecule has 266 valence electrons. The van der Waals surface area contributed by atoms with E-state index >= 15 is 0 Å². The fourth-order valence-electron chi connectivity index (χ4n) is 7.21. The highest BCUT2D eigenvalue weighted by atomic mass is 15.2. The average Bonchev–Trinajstić information content (AvgIpc) is 3.01. The van der Waals surface area contributed by atoms with Crippen molar-refractivity contribution >= 4 is 0 Å². The van der Waals surface area contributed by atoms with Crippen LogP contribution in [0.1, 0.15) is 259 Å². The Morgan fingerprint density at radius 1 is 0.273 bits per heavy atom. The van der Waals surface area contributed by atoms with Gasteiger partial charge in [-0.1, -0.05) is 226 Å². The lowest BCUT2D eigenvalue weighted by Gasteiger charge is -2.39. The van der Waals surface area contributed by atoms with E-state index in [1.54, 1.807) is 0 Å². The van der Waals surface area contributed by atoms with Gasteiger partial charge in [0.25, 0.3) is 0 Å². The first-order chi connectivity index (χ1) is 21.6. The first-order valence-corrected chi connectivity index (χ1v) is 21.3. The maximum atomic E-state index is 2.92. The van der Waals surface area contributed by atoms with Gasteiger partial charge in [0.2, 0.25) is 0 Å². The van der Waals surface area contributed by atoms with Crippen LogP contribution < -0.4 is 0 Å². The molecule has 0 aliphatic carbocycles. The van der Waals surface area contributed by atoms with Crippen LogP contribution in [0.15, 0.2) is 0 Å². The maximum Gasteiger partial charge on any atom is 0.0153 e. The van der Waals surface area contributed by atoms with Crippen LogP contribution in [0.3, 0.4) is 0 Å². The van der Waals surface area contributed by atoms with Crippen molar-refractivity contribution in [1.82, 2.24) is 4.90 Å². The quantitative estimate of drug-likeness (QED) is 0.0621. The van der Waals surface area contributed by atoms with Crippen molar-refractivity contribution in [3.8, 4) is 0 Å². The summed E-state index contributed by atoms with van der Waals surface area (Å²) in [5.41, 5.74) is 0.371. The van der Waals surface area contributed by atoms with Gasteiger partial charge in [-0.25, -0.2) is 0 Å². The number of unbranched alkanes of at least 4 members (excludes halogenated alkanes) is 31. The second-order valence-electron chi connectivity index (χ2n) is 15.5. The highest BCUT2D eigenvalue weighted by Crippen LogP contribution is 2.25. The Labute approximate surface area is 282 Å². The first-order valence-electron chi connectivity index (χ1n) is 21.3. The molecule has 0 saturated heterocycles. The minimum absolute atomic E-state index is 0.371. The number of nitrogens with zero attached hydrogens (tertiary/aromatic N) is 1. The van der Waals surface area contributed by atoms with Crippen LogP contribution in [-0.2, 0) is 0 Å². The third-order valence-electron chi connectivity index (χ3n) is 10.6. The molecule has 0 aromatic heterocycles. The minimum Gasteiger partial charge on any atom is -0.298 e. The third kappa shape index (κ3) is 31.9. The zero-order valence-electron chi connectivity index (χ0n) is 32.1. The van der Waals surface area contributed by atoms with E-state index in [0.717, 1.165) is 0 Å². The molecule has 0 fully saturated rings. The average molecular weight is 620 g/mol. The van der Waals surface area contributed by atoms with E-state index < -0.39 is 0 Å². The van der Waals surface area contributed by atoms with Gasteiger partial charge < -0.3 is 0 Å². The van der Waals surface area contributed by atoms with E-state index in [4.69, 9.17) is 0 Å². The number of hydrogen-bond acceptors (Lipinski definition) is 1. The molecule has 0 heterocycles. The van der Waals surface area contributed by atoms with Crippen LogP contribution >= 0.6 is 0 Å². The van der Waals surface area contributed by atoms with E-state index in [0.29, 0.717) is 5.54 Å². The van der Waals surface area contributed by atoms with Crippen molar-refractivity contribution in [2.24, 2.45) is 0 Å². The fourth-order valence-corrected chi connectivity index (χ4v) is 7.21. The largest absolute Gasteiger partial charge is 0.298 e. The molecule has 0 atom stereocenters. The van der Waals surface area contributed by atoms with Gasteiger partial charge >= 0.3 is 0 Å². The van der Waals surface area contributed by atoms with E-state index in [1.165, 1.54) is 238 Å². The van der Waals surface area contributed by atoms with E-state index in [-0.39, 0.29) is 0 Å². The van der Waals surface area contributed by atoms with E-state index in [9.17, 15) is 0 Å². The summed E-state index contributed by atoms with van der Waals surface area (Å²) in [6.45, 7) is 14.8. The first kappa shape index (κ1) is 44.0. The lowest BCUT2D eigenvalue weighted by molar-refractivity contribution is 0.102. The van der Waals surface area contributed by atoms with E-state index in [2.05, 4.69) is 39.5 Å². The highest BCUT2D eigenvalue weighted by Gasteiger charge is 2.25. The van der Waals surface area contributed by atoms with Crippen molar-refractivity contribution in [2.45, 2.75) is 265 Å². The van der Waals surface area contributed by atoms with Crippen LogP contribution in [0.4, 0.5) is 0 Å². The summed E-state index contributed by atoms with van der Waals surface area (Å²) in [5, 5.41) is 0. The molecule has 0 aliphatic heterocycles. The number of rotatable bonds is 38. The molecule has 0 rings (SSSR count). The Bertz CT molecular complexity index is 485. The van der Waals surface area contributed by atoms with E-state index in [1.807, 2.05) is 0 Å². The maximum absolute atomic E-state index is 2.92. The monoisotopic (exact) mass is 620 g/mol. The minimum atomic E-state index is 0.371.